The Labute approximate surface area is 63.0 Å². The maximum Gasteiger partial charge on any atom is 0.358 e. The first-order valence-corrected chi connectivity index (χ1v) is 3.70. The Bertz CT molecular complexity index is 255. The molecule has 0 fully saturated rings. The normalized spacial score (nSPS) is 11.4. The smallest absolute Gasteiger partial charge is 0.303 e. The standard InChI is InChI=1S/C2H7N5O3S/c1-2(4-7-6-3)5-11(8,9)10/h5H,1H2,(H2,3,7)(H,4,6)(H,8,9,10). The van der Waals surface area contributed by atoms with Gasteiger partial charge < -0.3 is 5.84 Å². The van der Waals surface area contributed by atoms with Gasteiger partial charge in [-0.1, -0.05) is 17.0 Å². The number of nitrogens with zero attached hydrogens (tertiary/aromatic N) is 2. The van der Waals surface area contributed by atoms with Crippen LogP contribution >= 0.6 is 0 Å². The lowest BCUT2D eigenvalue weighted by Crippen LogP contribution is -2.27. The molecule has 5 N–H and O–H groups in total. The highest BCUT2D eigenvalue weighted by atomic mass is 32.2. The molecule has 0 aromatic rings. The van der Waals surface area contributed by atoms with Crippen LogP contribution in [0.25, 0.3) is 0 Å². The van der Waals surface area contributed by atoms with E-state index < -0.39 is 10.3 Å². The van der Waals surface area contributed by atoms with Crippen LogP contribution in [0, 0.1) is 0 Å². The summed E-state index contributed by atoms with van der Waals surface area (Å²) in [5.41, 5.74) is 1.98. The largest absolute Gasteiger partial charge is 0.358 e. The molecule has 0 aromatic carbocycles. The van der Waals surface area contributed by atoms with Gasteiger partial charge in [0.25, 0.3) is 0 Å². The second-order valence-corrected chi connectivity index (χ2v) is 2.54. The Balaban J connectivity index is 3.90. The number of hydrogen-bond donors (Lipinski definition) is 4. The summed E-state index contributed by atoms with van der Waals surface area (Å²) in [4.78, 5) is 0. The molecular formula is C2H7N5O3S. The Morgan fingerprint density at radius 2 is 2.18 bits per heavy atom. The molecule has 0 spiro atoms. The molecular weight excluding hydrogens is 174 g/mol. The highest BCUT2D eigenvalue weighted by Crippen LogP contribution is 1.80. The molecule has 9 heteroatoms. The monoisotopic (exact) mass is 181 g/mol. The quantitative estimate of drug-likeness (QED) is 0.185. The molecule has 0 radical (unpaired) electrons. The first-order valence-electron chi connectivity index (χ1n) is 2.26. The van der Waals surface area contributed by atoms with Crippen LogP contribution in [0.1, 0.15) is 0 Å². The molecule has 0 saturated heterocycles. The minimum atomic E-state index is -4.31. The maximum absolute atomic E-state index is 10.0. The van der Waals surface area contributed by atoms with Crippen LogP contribution in [0.15, 0.2) is 22.8 Å². The lowest BCUT2D eigenvalue weighted by Gasteiger charge is -2.02. The van der Waals surface area contributed by atoms with Gasteiger partial charge in [0.1, 0.15) is 5.82 Å². The lowest BCUT2D eigenvalue weighted by molar-refractivity contribution is 0.471. The first-order chi connectivity index (χ1) is 4.95. The van der Waals surface area contributed by atoms with E-state index in [-0.39, 0.29) is 5.82 Å². The lowest BCUT2D eigenvalue weighted by atomic mass is 10.9. The topological polar surface area (TPSA) is 129 Å². The van der Waals surface area contributed by atoms with Gasteiger partial charge in [-0.15, -0.1) is 0 Å². The van der Waals surface area contributed by atoms with Crippen molar-refractivity contribution in [2.45, 2.75) is 0 Å². The molecule has 0 aliphatic heterocycles. The van der Waals surface area contributed by atoms with E-state index in [1.807, 2.05) is 5.43 Å². The molecule has 0 aliphatic carbocycles. The minimum Gasteiger partial charge on any atom is -0.303 e. The third-order valence-electron chi connectivity index (χ3n) is 0.495. The average Bonchev–Trinajstić information content (AvgIpc) is 1.79. The van der Waals surface area contributed by atoms with Crippen LogP contribution in [0.3, 0.4) is 0 Å². The van der Waals surface area contributed by atoms with Gasteiger partial charge in [-0.3, -0.25) is 4.55 Å². The van der Waals surface area contributed by atoms with Crippen molar-refractivity contribution in [3.05, 3.63) is 12.4 Å². The van der Waals surface area contributed by atoms with Gasteiger partial charge in [-0.05, 0) is 0 Å². The molecule has 0 bridgehead atoms. The highest BCUT2D eigenvalue weighted by Gasteiger charge is 2.02. The summed E-state index contributed by atoms with van der Waals surface area (Å²) in [6, 6.07) is 0. The van der Waals surface area contributed by atoms with Gasteiger partial charge in [0.15, 0.2) is 0 Å². The van der Waals surface area contributed by atoms with Crippen LogP contribution in [0.2, 0.25) is 0 Å². The van der Waals surface area contributed by atoms with Crippen molar-refractivity contribution in [1.82, 2.24) is 10.1 Å². The van der Waals surface area contributed by atoms with E-state index in [9.17, 15) is 8.42 Å². The van der Waals surface area contributed by atoms with E-state index in [0.717, 1.165) is 0 Å². The second kappa shape index (κ2) is 3.73. The molecule has 0 amide bonds. The Hall–Kier alpha value is -1.35. The molecule has 0 unspecified atom stereocenters. The molecule has 0 heterocycles. The van der Waals surface area contributed by atoms with Crippen LogP contribution in [0.5, 0.6) is 0 Å². The van der Waals surface area contributed by atoms with Crippen LogP contribution < -0.4 is 16.0 Å². The van der Waals surface area contributed by atoms with Crippen LogP contribution in [-0.4, -0.2) is 13.0 Å². The fourth-order valence-electron chi connectivity index (χ4n) is 0.268. The van der Waals surface area contributed by atoms with E-state index in [1.54, 1.807) is 4.72 Å². The zero-order valence-electron chi connectivity index (χ0n) is 5.35. The summed E-state index contributed by atoms with van der Waals surface area (Å²) in [6.07, 6.45) is 0. The number of nitrogens with two attached hydrogens (primary N) is 1. The molecule has 0 rings (SSSR count). The fourth-order valence-corrected chi connectivity index (χ4v) is 0.625. The van der Waals surface area contributed by atoms with Crippen molar-refractivity contribution < 1.29 is 13.0 Å². The Morgan fingerprint density at radius 1 is 1.64 bits per heavy atom. The van der Waals surface area contributed by atoms with Crippen LogP contribution in [0.4, 0.5) is 0 Å². The van der Waals surface area contributed by atoms with Gasteiger partial charge in [0.05, 0.1) is 0 Å². The van der Waals surface area contributed by atoms with Gasteiger partial charge in [0.2, 0.25) is 0 Å². The fraction of sp³-hybridized carbons (Fsp3) is 0. The zero-order valence-corrected chi connectivity index (χ0v) is 6.17. The summed E-state index contributed by atoms with van der Waals surface area (Å²) < 4.78 is 29.8. The summed E-state index contributed by atoms with van der Waals surface area (Å²) >= 11 is 0. The molecule has 11 heavy (non-hydrogen) atoms. The molecule has 0 aromatic heterocycles. The molecule has 64 valence electrons. The molecule has 0 saturated carbocycles. The van der Waals surface area contributed by atoms with Gasteiger partial charge >= 0.3 is 10.3 Å². The SMILES string of the molecule is C=C(N/N=N\N)NS(=O)(=O)O. The van der Waals surface area contributed by atoms with E-state index in [1.165, 1.54) is 0 Å². The predicted molar refractivity (Wildman–Crippen MR) is 36.0 cm³/mol. The Kier molecular flexibility index (Phi) is 3.27. The van der Waals surface area contributed by atoms with Crippen molar-refractivity contribution >= 4 is 10.3 Å². The van der Waals surface area contributed by atoms with Crippen molar-refractivity contribution in [3.8, 4) is 0 Å². The van der Waals surface area contributed by atoms with Crippen molar-refractivity contribution in [1.29, 1.82) is 0 Å². The van der Waals surface area contributed by atoms with E-state index in [2.05, 4.69) is 22.9 Å². The molecule has 0 aliphatic rings. The summed E-state index contributed by atoms with van der Waals surface area (Å²) in [6.45, 7) is 3.11. The van der Waals surface area contributed by atoms with E-state index in [0.29, 0.717) is 0 Å². The average molecular weight is 181 g/mol. The van der Waals surface area contributed by atoms with Gasteiger partial charge in [0, 0.05) is 0 Å². The number of rotatable bonds is 4. The van der Waals surface area contributed by atoms with Crippen molar-refractivity contribution in [3.63, 3.8) is 0 Å². The summed E-state index contributed by atoms with van der Waals surface area (Å²) in [7, 11) is -4.31. The third-order valence-corrected chi connectivity index (χ3v) is 0.999. The summed E-state index contributed by atoms with van der Waals surface area (Å²) in [5.74, 6) is 4.29. The Morgan fingerprint density at radius 3 is 2.55 bits per heavy atom. The van der Waals surface area contributed by atoms with Crippen LogP contribution in [-0.2, 0) is 10.3 Å². The minimum absolute atomic E-state index is 0.262. The maximum atomic E-state index is 10.0. The van der Waals surface area contributed by atoms with Crippen molar-refractivity contribution in [2.75, 3.05) is 0 Å². The number of nitrogens with one attached hydrogen (secondary N) is 2. The van der Waals surface area contributed by atoms with Crippen molar-refractivity contribution in [2.24, 2.45) is 16.3 Å². The highest BCUT2D eigenvalue weighted by molar-refractivity contribution is 7.83. The molecule has 0 atom stereocenters. The zero-order chi connectivity index (χ0) is 8.91. The third kappa shape index (κ3) is 6.54. The number of hydrogen-bond acceptors (Lipinski definition) is 4. The summed E-state index contributed by atoms with van der Waals surface area (Å²) in [5, 5.41) is 5.71. The van der Waals surface area contributed by atoms with E-state index >= 15 is 0 Å². The van der Waals surface area contributed by atoms with E-state index in [4.69, 9.17) is 4.55 Å². The second-order valence-electron chi connectivity index (χ2n) is 1.38. The van der Waals surface area contributed by atoms with Gasteiger partial charge in [-0.25, -0.2) is 10.1 Å². The van der Waals surface area contributed by atoms with Gasteiger partial charge in [-0.2, -0.15) is 8.42 Å². The first kappa shape index (κ1) is 9.65. The molecule has 8 nitrogen and oxygen atoms in total. The predicted octanol–water partition coefficient (Wildman–Crippen LogP) is -1.32.